The zero-order chi connectivity index (χ0) is 20.0. The summed E-state index contributed by atoms with van der Waals surface area (Å²) in [7, 11) is -3.08. The summed E-state index contributed by atoms with van der Waals surface area (Å²) in [5, 5.41) is 6.86. The van der Waals surface area contributed by atoms with Gasteiger partial charge in [-0.15, -0.1) is 35.7 Å². The molecule has 2 fully saturated rings. The molecule has 6 nitrogen and oxygen atoms in total. The van der Waals surface area contributed by atoms with Crippen molar-refractivity contribution in [2.45, 2.75) is 55.2 Å². The van der Waals surface area contributed by atoms with E-state index in [1.54, 1.807) is 11.2 Å². The second kappa shape index (κ2) is 11.2. The third-order valence-electron chi connectivity index (χ3n) is 5.31. The summed E-state index contributed by atoms with van der Waals surface area (Å²) in [5.74, 6) is 1.02. The lowest BCUT2D eigenvalue weighted by Gasteiger charge is -2.32. The van der Waals surface area contributed by atoms with E-state index in [2.05, 4.69) is 41.8 Å². The van der Waals surface area contributed by atoms with Crippen LogP contribution < -0.4 is 10.6 Å². The molecule has 1 aromatic carbocycles. The van der Waals surface area contributed by atoms with Crippen LogP contribution in [0, 0.1) is 0 Å². The second-order valence-electron chi connectivity index (χ2n) is 7.51. The van der Waals surface area contributed by atoms with Crippen LogP contribution in [0.4, 0.5) is 0 Å². The van der Waals surface area contributed by atoms with Crippen molar-refractivity contribution in [3.8, 4) is 0 Å². The van der Waals surface area contributed by atoms with E-state index < -0.39 is 10.0 Å². The Morgan fingerprint density at radius 1 is 1.21 bits per heavy atom. The Balaban J connectivity index is 0.00000300. The molecule has 29 heavy (non-hydrogen) atoms. The van der Waals surface area contributed by atoms with Crippen molar-refractivity contribution in [1.82, 2.24) is 14.9 Å². The lowest BCUT2D eigenvalue weighted by molar-refractivity contribution is 0.306. The van der Waals surface area contributed by atoms with Crippen LogP contribution in [0.1, 0.15) is 39.5 Å². The molecule has 0 radical (unpaired) electrons. The summed E-state index contributed by atoms with van der Waals surface area (Å²) < 4.78 is 25.9. The maximum absolute atomic E-state index is 12.0. The van der Waals surface area contributed by atoms with Crippen LogP contribution in [0.2, 0.25) is 0 Å². The third-order valence-corrected chi connectivity index (χ3v) is 8.67. The number of rotatable bonds is 8. The molecule has 164 valence electrons. The van der Waals surface area contributed by atoms with Crippen molar-refractivity contribution < 1.29 is 8.42 Å². The predicted molar refractivity (Wildman–Crippen MR) is 133 cm³/mol. The molecule has 0 unspecified atom stereocenters. The smallest absolute Gasteiger partial charge is 0.213 e. The van der Waals surface area contributed by atoms with Crippen molar-refractivity contribution in [1.29, 1.82) is 0 Å². The van der Waals surface area contributed by atoms with E-state index >= 15 is 0 Å². The van der Waals surface area contributed by atoms with Gasteiger partial charge in [0.2, 0.25) is 10.0 Å². The number of piperidine rings is 1. The summed E-state index contributed by atoms with van der Waals surface area (Å²) >= 11 is 1.93. The summed E-state index contributed by atoms with van der Waals surface area (Å²) in [6.07, 6.45) is 4.02. The quantitative estimate of drug-likeness (QED) is 0.294. The van der Waals surface area contributed by atoms with Gasteiger partial charge in [-0.3, -0.25) is 4.99 Å². The average molecular weight is 553 g/mol. The van der Waals surface area contributed by atoms with E-state index in [1.807, 2.05) is 17.8 Å². The molecule has 0 aromatic heterocycles. The van der Waals surface area contributed by atoms with Gasteiger partial charge in [-0.25, -0.2) is 12.7 Å². The summed E-state index contributed by atoms with van der Waals surface area (Å²) in [5.41, 5.74) is 0. The number of halogens is 1. The molecule has 0 spiro atoms. The highest BCUT2D eigenvalue weighted by Crippen LogP contribution is 2.51. The molecule has 1 heterocycles. The Labute approximate surface area is 196 Å². The molecular formula is C20H33IN4O2S2. The number of benzene rings is 1. The zero-order valence-corrected chi connectivity index (χ0v) is 21.2. The highest BCUT2D eigenvalue weighted by molar-refractivity contribution is 14.0. The molecule has 1 aliphatic carbocycles. The van der Waals surface area contributed by atoms with Crippen molar-refractivity contribution in [2.75, 3.05) is 31.9 Å². The maximum Gasteiger partial charge on any atom is 0.213 e. The second-order valence-corrected chi connectivity index (χ2v) is 11.3. The molecule has 2 aliphatic rings. The predicted octanol–water partition coefficient (Wildman–Crippen LogP) is 3.30. The lowest BCUT2D eigenvalue weighted by Crippen LogP contribution is -2.50. The van der Waals surface area contributed by atoms with E-state index in [1.165, 1.54) is 17.7 Å². The third kappa shape index (κ3) is 7.29. The van der Waals surface area contributed by atoms with Gasteiger partial charge in [0, 0.05) is 35.3 Å². The highest BCUT2D eigenvalue weighted by atomic mass is 127. The molecule has 0 amide bonds. The molecule has 9 heteroatoms. The molecule has 2 N–H and O–H groups in total. The molecule has 0 bridgehead atoms. The van der Waals surface area contributed by atoms with Crippen molar-refractivity contribution >= 4 is 51.7 Å². The Morgan fingerprint density at radius 2 is 1.86 bits per heavy atom. The first-order valence-electron chi connectivity index (χ1n) is 10.2. The number of nitrogens with one attached hydrogen (secondary N) is 2. The number of nitrogens with zero attached hydrogens (tertiary/aromatic N) is 2. The van der Waals surface area contributed by atoms with Crippen LogP contribution in [0.5, 0.6) is 0 Å². The zero-order valence-electron chi connectivity index (χ0n) is 17.3. The molecule has 0 atom stereocenters. The molecule has 1 saturated carbocycles. The van der Waals surface area contributed by atoms with Crippen LogP contribution in [0.3, 0.4) is 0 Å². The van der Waals surface area contributed by atoms with E-state index in [-0.39, 0.29) is 40.5 Å². The van der Waals surface area contributed by atoms with Gasteiger partial charge in [-0.05, 0) is 51.7 Å². The minimum atomic E-state index is -3.08. The standard InChI is InChI=1S/C20H32N4O2S2.HI/c1-3-21-19(23-17-10-14-24(15-11-17)28(25,26)4-2)22-16-20(12-13-20)27-18-8-6-5-7-9-18;/h5-9,17H,3-4,10-16H2,1-2H3,(H2,21,22,23);1H. The number of aliphatic imine (C=N–C) groups is 1. The van der Waals surface area contributed by atoms with Gasteiger partial charge in [-0.1, -0.05) is 18.2 Å². The van der Waals surface area contributed by atoms with Gasteiger partial charge in [0.1, 0.15) is 0 Å². The summed E-state index contributed by atoms with van der Waals surface area (Å²) in [6.45, 7) is 6.55. The van der Waals surface area contributed by atoms with Gasteiger partial charge in [0.25, 0.3) is 0 Å². The van der Waals surface area contributed by atoms with Crippen molar-refractivity contribution in [3.63, 3.8) is 0 Å². The average Bonchev–Trinajstić information content (AvgIpc) is 3.47. The number of hydrogen-bond donors (Lipinski definition) is 2. The lowest BCUT2D eigenvalue weighted by atomic mass is 10.1. The largest absolute Gasteiger partial charge is 0.357 e. The molecule has 1 aliphatic heterocycles. The first-order valence-corrected chi connectivity index (χ1v) is 12.7. The van der Waals surface area contributed by atoms with Crippen LogP contribution >= 0.6 is 35.7 Å². The van der Waals surface area contributed by atoms with Crippen LogP contribution in [0.15, 0.2) is 40.2 Å². The number of guanidine groups is 1. The Morgan fingerprint density at radius 3 is 2.41 bits per heavy atom. The van der Waals surface area contributed by atoms with E-state index in [4.69, 9.17) is 4.99 Å². The topological polar surface area (TPSA) is 73.8 Å². The van der Waals surface area contributed by atoms with Crippen LogP contribution in [-0.2, 0) is 10.0 Å². The van der Waals surface area contributed by atoms with Crippen molar-refractivity contribution in [2.24, 2.45) is 4.99 Å². The van der Waals surface area contributed by atoms with E-state index in [9.17, 15) is 8.42 Å². The minimum Gasteiger partial charge on any atom is -0.357 e. The van der Waals surface area contributed by atoms with Gasteiger partial charge in [-0.2, -0.15) is 0 Å². The fraction of sp³-hybridized carbons (Fsp3) is 0.650. The van der Waals surface area contributed by atoms with Crippen LogP contribution in [0.25, 0.3) is 0 Å². The van der Waals surface area contributed by atoms with E-state index in [0.29, 0.717) is 13.1 Å². The van der Waals surface area contributed by atoms with E-state index in [0.717, 1.165) is 31.9 Å². The Bertz CT molecular complexity index is 762. The highest BCUT2D eigenvalue weighted by Gasteiger charge is 2.43. The number of thioether (sulfide) groups is 1. The summed E-state index contributed by atoms with van der Waals surface area (Å²) in [6, 6.07) is 10.8. The monoisotopic (exact) mass is 552 g/mol. The maximum atomic E-state index is 12.0. The van der Waals surface area contributed by atoms with Crippen molar-refractivity contribution in [3.05, 3.63) is 30.3 Å². The van der Waals surface area contributed by atoms with Gasteiger partial charge < -0.3 is 10.6 Å². The normalized spacial score (nSPS) is 20.0. The SMILES string of the molecule is CCNC(=NCC1(Sc2ccccc2)CC1)NC1CCN(S(=O)(=O)CC)CC1.I. The fourth-order valence-electron chi connectivity index (χ4n) is 3.37. The number of hydrogen-bond acceptors (Lipinski definition) is 4. The Kier molecular flexibility index (Phi) is 9.56. The fourth-order valence-corrected chi connectivity index (χ4v) is 5.73. The summed E-state index contributed by atoms with van der Waals surface area (Å²) in [4.78, 5) is 6.17. The van der Waals surface area contributed by atoms with Gasteiger partial charge in [0.15, 0.2) is 5.96 Å². The molecular weight excluding hydrogens is 519 g/mol. The first-order chi connectivity index (χ1) is 13.5. The number of sulfonamides is 1. The first kappa shape index (κ1) is 24.7. The minimum absolute atomic E-state index is 0. The van der Waals surface area contributed by atoms with Gasteiger partial charge >= 0.3 is 0 Å². The Hall–Kier alpha value is -0.520. The molecule has 3 rings (SSSR count). The molecule has 1 aromatic rings. The molecule has 1 saturated heterocycles. The van der Waals surface area contributed by atoms with Crippen LogP contribution in [-0.4, -0.2) is 61.4 Å². The van der Waals surface area contributed by atoms with Gasteiger partial charge in [0.05, 0.1) is 12.3 Å².